The van der Waals surface area contributed by atoms with Gasteiger partial charge in [0.2, 0.25) is 0 Å². The second-order valence-electron chi connectivity index (χ2n) is 4.84. The van der Waals surface area contributed by atoms with Gasteiger partial charge in [-0.1, -0.05) is 18.7 Å². The van der Waals surface area contributed by atoms with Crippen molar-refractivity contribution in [2.45, 2.75) is 35.4 Å². The molecule has 1 fully saturated rings. The minimum Gasteiger partial charge on any atom is -0.381 e. The van der Waals surface area contributed by atoms with Crippen LogP contribution in [0.15, 0.2) is 22.5 Å². The van der Waals surface area contributed by atoms with Crippen LogP contribution in [0.1, 0.15) is 19.8 Å². The van der Waals surface area contributed by atoms with Crippen molar-refractivity contribution in [2.24, 2.45) is 0 Å². The summed E-state index contributed by atoms with van der Waals surface area (Å²) in [5.74, 6) is 1.31. The Kier molecular flexibility index (Phi) is 4.24. The molecule has 1 aliphatic heterocycles. The Morgan fingerprint density at radius 1 is 1.42 bits per heavy atom. The van der Waals surface area contributed by atoms with Crippen molar-refractivity contribution in [3.8, 4) is 0 Å². The number of hydrogen-bond donors (Lipinski definition) is 1. The van der Waals surface area contributed by atoms with Crippen molar-refractivity contribution in [2.75, 3.05) is 17.3 Å². The van der Waals surface area contributed by atoms with E-state index in [1.165, 1.54) is 29.0 Å². The molecule has 1 aromatic carbocycles. The number of aromatic nitrogens is 1. The lowest BCUT2D eigenvalue weighted by Crippen LogP contribution is -2.32. The van der Waals surface area contributed by atoms with Gasteiger partial charge in [0.05, 0.1) is 10.2 Å². The Balaban J connectivity index is 1.80. The van der Waals surface area contributed by atoms with E-state index in [0.29, 0.717) is 11.3 Å². The molecule has 1 aliphatic rings. The quantitative estimate of drug-likeness (QED) is 0.830. The highest BCUT2D eigenvalue weighted by Gasteiger charge is 2.21. The molecule has 2 atom stereocenters. The molecule has 0 aliphatic carbocycles. The molecule has 0 bridgehead atoms. The number of nitrogens with one attached hydrogen (secondary N) is 1. The van der Waals surface area contributed by atoms with Gasteiger partial charge in [0.25, 0.3) is 0 Å². The van der Waals surface area contributed by atoms with Crippen LogP contribution < -0.4 is 5.32 Å². The summed E-state index contributed by atoms with van der Waals surface area (Å²) in [6.07, 6.45) is 4.69. The molecule has 2 unspecified atom stereocenters. The molecule has 2 heterocycles. The van der Waals surface area contributed by atoms with Crippen molar-refractivity contribution >= 4 is 50.8 Å². The minimum atomic E-state index is 0.601. The zero-order chi connectivity index (χ0) is 13.2. The van der Waals surface area contributed by atoms with Gasteiger partial charge >= 0.3 is 0 Å². The number of nitrogens with zero attached hydrogens (tertiary/aromatic N) is 1. The first kappa shape index (κ1) is 13.6. The topological polar surface area (TPSA) is 24.9 Å². The van der Waals surface area contributed by atoms with Crippen LogP contribution in [0.5, 0.6) is 0 Å². The van der Waals surface area contributed by atoms with Crippen molar-refractivity contribution in [1.29, 1.82) is 0 Å². The zero-order valence-electron chi connectivity index (χ0n) is 11.2. The van der Waals surface area contributed by atoms with Gasteiger partial charge in [-0.2, -0.15) is 11.8 Å². The average Bonchev–Trinajstić information content (AvgIpc) is 2.83. The SMILES string of the molecule is CSc1nc2ccc(NC3CCCSC3C)cc2s1. The fourth-order valence-electron chi connectivity index (χ4n) is 2.41. The maximum absolute atomic E-state index is 4.58. The highest BCUT2D eigenvalue weighted by Crippen LogP contribution is 2.32. The van der Waals surface area contributed by atoms with Gasteiger partial charge in [0.15, 0.2) is 4.34 Å². The zero-order valence-corrected chi connectivity index (χ0v) is 13.6. The Morgan fingerprint density at radius 2 is 2.32 bits per heavy atom. The fraction of sp³-hybridized carbons (Fsp3) is 0.500. The van der Waals surface area contributed by atoms with E-state index in [1.54, 1.807) is 23.1 Å². The molecule has 1 N–H and O–H groups in total. The van der Waals surface area contributed by atoms with Gasteiger partial charge in [0, 0.05) is 17.0 Å². The van der Waals surface area contributed by atoms with E-state index in [1.807, 2.05) is 0 Å². The normalized spacial score (nSPS) is 23.7. The Morgan fingerprint density at radius 3 is 3.11 bits per heavy atom. The average molecular weight is 311 g/mol. The Bertz CT molecular complexity index is 567. The molecular formula is C14H18N2S3. The van der Waals surface area contributed by atoms with Crippen LogP contribution >= 0.6 is 34.9 Å². The monoisotopic (exact) mass is 310 g/mol. The van der Waals surface area contributed by atoms with E-state index >= 15 is 0 Å². The Hall–Kier alpha value is -0.390. The maximum atomic E-state index is 4.58. The van der Waals surface area contributed by atoms with Gasteiger partial charge in [-0.05, 0) is 43.0 Å². The first-order valence-corrected chi connectivity index (χ1v) is 9.68. The molecular weight excluding hydrogens is 292 g/mol. The fourth-order valence-corrected chi connectivity index (χ4v) is 5.08. The van der Waals surface area contributed by atoms with E-state index in [2.05, 4.69) is 53.4 Å². The Labute approximate surface area is 126 Å². The van der Waals surface area contributed by atoms with Gasteiger partial charge in [-0.25, -0.2) is 4.98 Å². The first-order valence-electron chi connectivity index (χ1n) is 6.59. The number of hydrogen-bond acceptors (Lipinski definition) is 5. The molecule has 0 saturated carbocycles. The summed E-state index contributed by atoms with van der Waals surface area (Å²) in [6, 6.07) is 7.15. The third-order valence-corrected chi connectivity index (χ3v) is 6.88. The number of rotatable bonds is 3. The maximum Gasteiger partial charge on any atom is 0.150 e. The van der Waals surface area contributed by atoms with Crippen LogP contribution in [0.2, 0.25) is 0 Å². The lowest BCUT2D eigenvalue weighted by Gasteiger charge is -2.29. The van der Waals surface area contributed by atoms with Crippen LogP contribution in [0.4, 0.5) is 5.69 Å². The van der Waals surface area contributed by atoms with Crippen LogP contribution in [0.25, 0.3) is 10.2 Å². The van der Waals surface area contributed by atoms with Gasteiger partial charge < -0.3 is 5.32 Å². The second-order valence-corrected chi connectivity index (χ2v) is 8.40. The predicted molar refractivity (Wildman–Crippen MR) is 90.0 cm³/mol. The third kappa shape index (κ3) is 3.03. The minimum absolute atomic E-state index is 0.601. The summed E-state index contributed by atoms with van der Waals surface area (Å²) in [7, 11) is 0. The highest BCUT2D eigenvalue weighted by molar-refractivity contribution is 8.00. The summed E-state index contributed by atoms with van der Waals surface area (Å²) < 4.78 is 2.43. The molecule has 1 saturated heterocycles. The predicted octanol–water partition coefficient (Wildman–Crippen LogP) is 4.71. The van der Waals surface area contributed by atoms with E-state index in [4.69, 9.17) is 0 Å². The van der Waals surface area contributed by atoms with Crippen molar-refractivity contribution in [3.63, 3.8) is 0 Å². The molecule has 19 heavy (non-hydrogen) atoms. The molecule has 0 spiro atoms. The number of fused-ring (bicyclic) bond motifs is 1. The lowest BCUT2D eigenvalue weighted by molar-refractivity contribution is 0.617. The van der Waals surface area contributed by atoms with Gasteiger partial charge in [-0.3, -0.25) is 0 Å². The lowest BCUT2D eigenvalue weighted by atomic mass is 10.1. The standard InChI is InChI=1S/C14H18N2S3/c1-9-11(4-3-7-18-9)15-10-5-6-12-13(8-10)19-14(16-12)17-2/h5-6,8-9,11,15H,3-4,7H2,1-2H3. The van der Waals surface area contributed by atoms with E-state index in [0.717, 1.165) is 9.86 Å². The number of anilines is 1. The van der Waals surface area contributed by atoms with Crippen LogP contribution in [0.3, 0.4) is 0 Å². The van der Waals surface area contributed by atoms with E-state index in [-0.39, 0.29) is 0 Å². The molecule has 2 nitrogen and oxygen atoms in total. The molecule has 0 amide bonds. The molecule has 3 rings (SSSR count). The molecule has 0 radical (unpaired) electrons. The summed E-state index contributed by atoms with van der Waals surface area (Å²) >= 11 is 5.58. The molecule has 5 heteroatoms. The number of benzene rings is 1. The second kappa shape index (κ2) is 5.94. The van der Waals surface area contributed by atoms with Crippen molar-refractivity contribution in [1.82, 2.24) is 4.98 Å². The van der Waals surface area contributed by atoms with Gasteiger partial charge in [-0.15, -0.1) is 11.3 Å². The number of thiazole rings is 1. The molecule has 2 aromatic rings. The third-order valence-electron chi connectivity index (χ3n) is 3.50. The van der Waals surface area contributed by atoms with Gasteiger partial charge in [0.1, 0.15) is 0 Å². The summed E-state index contributed by atoms with van der Waals surface area (Å²) in [5, 5.41) is 4.40. The first-order chi connectivity index (χ1) is 9.26. The smallest absolute Gasteiger partial charge is 0.150 e. The van der Waals surface area contributed by atoms with Crippen LogP contribution in [-0.4, -0.2) is 28.3 Å². The van der Waals surface area contributed by atoms with Crippen molar-refractivity contribution < 1.29 is 0 Å². The molecule has 1 aromatic heterocycles. The summed E-state index contributed by atoms with van der Waals surface area (Å²) in [4.78, 5) is 4.58. The number of thioether (sulfide) groups is 2. The summed E-state index contributed by atoms with van der Waals surface area (Å²) in [6.45, 7) is 2.33. The largest absolute Gasteiger partial charge is 0.381 e. The van der Waals surface area contributed by atoms with E-state index < -0.39 is 0 Å². The van der Waals surface area contributed by atoms with Crippen LogP contribution in [-0.2, 0) is 0 Å². The van der Waals surface area contributed by atoms with Crippen molar-refractivity contribution in [3.05, 3.63) is 18.2 Å². The molecule has 102 valence electrons. The highest BCUT2D eigenvalue weighted by atomic mass is 32.2. The van der Waals surface area contributed by atoms with Crippen LogP contribution in [0, 0.1) is 0 Å². The summed E-state index contributed by atoms with van der Waals surface area (Å²) in [5.41, 5.74) is 2.36. The van der Waals surface area contributed by atoms with E-state index in [9.17, 15) is 0 Å².